The Morgan fingerprint density at radius 3 is 2.38 bits per heavy atom. The monoisotopic (exact) mass is 362 g/mol. The topological polar surface area (TPSA) is 17.8 Å². The highest BCUT2D eigenvalue weighted by Crippen LogP contribution is 2.28. The lowest BCUT2D eigenvalue weighted by Crippen LogP contribution is -2.01. The molecule has 0 bridgehead atoms. The highest BCUT2D eigenvalue weighted by molar-refractivity contribution is 9.10. The fourth-order valence-electron chi connectivity index (χ4n) is 2.67. The molecule has 3 rings (SSSR count). The molecule has 0 atom stereocenters. The molecule has 0 aliphatic rings. The second kappa shape index (κ2) is 5.47. The summed E-state index contributed by atoms with van der Waals surface area (Å²) in [6.45, 7) is 6.28. The van der Waals surface area contributed by atoms with Crippen LogP contribution in [-0.4, -0.2) is 9.55 Å². The number of benzene rings is 2. The molecule has 0 aliphatic heterocycles. The van der Waals surface area contributed by atoms with Crippen LogP contribution in [0.15, 0.2) is 34.8 Å². The fourth-order valence-corrected chi connectivity index (χ4v) is 3.08. The molecule has 108 valence electrons. The van der Waals surface area contributed by atoms with Crippen LogP contribution in [0.1, 0.15) is 22.5 Å². The van der Waals surface area contributed by atoms with E-state index in [1.807, 2.05) is 0 Å². The van der Waals surface area contributed by atoms with Crippen LogP contribution in [0.3, 0.4) is 0 Å². The Kier molecular flexibility index (Phi) is 3.80. The lowest BCUT2D eigenvalue weighted by Gasteiger charge is -2.12. The second-order valence-corrected chi connectivity index (χ2v) is 6.44. The fraction of sp³-hybridized carbons (Fsp3) is 0.235. The minimum atomic E-state index is 0.391. The minimum absolute atomic E-state index is 0.391. The molecule has 0 saturated heterocycles. The number of imidazole rings is 1. The zero-order valence-corrected chi connectivity index (χ0v) is 14.6. The molecule has 21 heavy (non-hydrogen) atoms. The van der Waals surface area contributed by atoms with Crippen molar-refractivity contribution in [1.29, 1.82) is 0 Å². The average Bonchev–Trinajstić information content (AvgIpc) is 2.81. The zero-order chi connectivity index (χ0) is 15.1. The van der Waals surface area contributed by atoms with Crippen LogP contribution in [0.5, 0.6) is 0 Å². The van der Waals surface area contributed by atoms with Crippen molar-refractivity contribution in [2.75, 3.05) is 0 Å². The third-order valence-electron chi connectivity index (χ3n) is 3.68. The molecule has 0 fully saturated rings. The van der Waals surface area contributed by atoms with Gasteiger partial charge in [0.25, 0.3) is 0 Å². The molecule has 0 aliphatic carbocycles. The Bertz CT molecular complexity index is 813. The summed E-state index contributed by atoms with van der Waals surface area (Å²) in [6.07, 6.45) is 0. The van der Waals surface area contributed by atoms with E-state index in [2.05, 4.69) is 76.6 Å². The molecule has 0 radical (unpaired) electrons. The summed E-state index contributed by atoms with van der Waals surface area (Å²) in [7, 11) is 0. The smallest absolute Gasteiger partial charge is 0.129 e. The molecular weight excluding hydrogens is 348 g/mol. The van der Waals surface area contributed by atoms with E-state index in [1.54, 1.807) is 0 Å². The van der Waals surface area contributed by atoms with E-state index in [4.69, 9.17) is 11.6 Å². The molecule has 0 saturated carbocycles. The number of aryl methyl sites for hydroxylation is 3. The molecule has 2 nitrogen and oxygen atoms in total. The lowest BCUT2D eigenvalue weighted by atomic mass is 10.1. The summed E-state index contributed by atoms with van der Waals surface area (Å²) in [5.41, 5.74) is 6.81. The van der Waals surface area contributed by atoms with Crippen LogP contribution in [0, 0.1) is 20.8 Å². The molecule has 2 aromatic carbocycles. The number of halogens is 2. The van der Waals surface area contributed by atoms with Gasteiger partial charge in [-0.1, -0.05) is 22.0 Å². The Labute approximate surface area is 137 Å². The van der Waals surface area contributed by atoms with Gasteiger partial charge in [0, 0.05) is 10.2 Å². The maximum absolute atomic E-state index is 6.11. The zero-order valence-electron chi connectivity index (χ0n) is 12.2. The van der Waals surface area contributed by atoms with Crippen LogP contribution in [0.2, 0.25) is 0 Å². The third kappa shape index (κ3) is 2.49. The minimum Gasteiger partial charge on any atom is -0.295 e. The number of aromatic nitrogens is 2. The predicted molar refractivity (Wildman–Crippen MR) is 92.5 cm³/mol. The molecule has 1 heterocycles. The summed E-state index contributed by atoms with van der Waals surface area (Å²) in [6, 6.07) is 10.6. The SMILES string of the molecule is Cc1ccc2c(c1)nc(CCl)n2-c1cc(C)c(Br)c(C)c1. The number of rotatable bonds is 2. The van der Waals surface area contributed by atoms with Crippen molar-refractivity contribution in [3.8, 4) is 5.69 Å². The number of hydrogen-bond acceptors (Lipinski definition) is 1. The van der Waals surface area contributed by atoms with E-state index < -0.39 is 0 Å². The van der Waals surface area contributed by atoms with E-state index in [0.29, 0.717) is 5.88 Å². The van der Waals surface area contributed by atoms with Crippen molar-refractivity contribution in [2.45, 2.75) is 26.7 Å². The van der Waals surface area contributed by atoms with Gasteiger partial charge in [0.15, 0.2) is 0 Å². The van der Waals surface area contributed by atoms with Gasteiger partial charge in [0.2, 0.25) is 0 Å². The van der Waals surface area contributed by atoms with Crippen molar-refractivity contribution in [3.63, 3.8) is 0 Å². The lowest BCUT2D eigenvalue weighted by molar-refractivity contribution is 0.977. The molecular formula is C17H16BrClN2. The summed E-state index contributed by atoms with van der Waals surface area (Å²) < 4.78 is 3.30. The summed E-state index contributed by atoms with van der Waals surface area (Å²) in [4.78, 5) is 4.67. The molecule has 0 amide bonds. The van der Waals surface area contributed by atoms with Gasteiger partial charge in [0.1, 0.15) is 5.82 Å². The Morgan fingerprint density at radius 2 is 1.76 bits per heavy atom. The van der Waals surface area contributed by atoms with Crippen molar-refractivity contribution in [2.24, 2.45) is 0 Å². The van der Waals surface area contributed by atoms with E-state index in [0.717, 1.165) is 27.0 Å². The predicted octanol–water partition coefficient (Wildman–Crippen LogP) is 5.45. The van der Waals surface area contributed by atoms with Crippen LogP contribution in [-0.2, 0) is 5.88 Å². The first kappa shape index (κ1) is 14.6. The van der Waals surface area contributed by atoms with Gasteiger partial charge in [-0.15, -0.1) is 11.6 Å². The Morgan fingerprint density at radius 1 is 1.10 bits per heavy atom. The number of fused-ring (bicyclic) bond motifs is 1. The van der Waals surface area contributed by atoms with E-state index in [-0.39, 0.29) is 0 Å². The van der Waals surface area contributed by atoms with Gasteiger partial charge in [-0.25, -0.2) is 4.98 Å². The number of nitrogens with zero attached hydrogens (tertiary/aromatic N) is 2. The van der Waals surface area contributed by atoms with E-state index in [9.17, 15) is 0 Å². The highest BCUT2D eigenvalue weighted by atomic mass is 79.9. The highest BCUT2D eigenvalue weighted by Gasteiger charge is 2.13. The summed E-state index contributed by atoms with van der Waals surface area (Å²) in [5, 5.41) is 0. The molecule has 0 N–H and O–H groups in total. The molecule has 3 aromatic rings. The Hall–Kier alpha value is -1.32. The average molecular weight is 364 g/mol. The van der Waals surface area contributed by atoms with Gasteiger partial charge >= 0.3 is 0 Å². The number of alkyl halides is 1. The maximum Gasteiger partial charge on any atom is 0.129 e. The maximum atomic E-state index is 6.11. The van der Waals surface area contributed by atoms with Crippen molar-refractivity contribution in [3.05, 3.63) is 57.3 Å². The number of hydrogen-bond donors (Lipinski definition) is 0. The molecule has 0 unspecified atom stereocenters. The van der Waals surface area contributed by atoms with Gasteiger partial charge in [-0.05, 0) is 61.7 Å². The van der Waals surface area contributed by atoms with Crippen molar-refractivity contribution in [1.82, 2.24) is 9.55 Å². The standard InChI is InChI=1S/C17H16BrClN2/c1-10-4-5-15-14(6-10)20-16(9-19)21(15)13-7-11(2)17(18)12(3)8-13/h4-8H,9H2,1-3H3. The normalized spacial score (nSPS) is 11.3. The van der Waals surface area contributed by atoms with Crippen molar-refractivity contribution < 1.29 is 0 Å². The molecule has 0 spiro atoms. The third-order valence-corrected chi connectivity index (χ3v) is 5.17. The first-order valence-electron chi connectivity index (χ1n) is 6.82. The van der Waals surface area contributed by atoms with E-state index in [1.165, 1.54) is 16.7 Å². The van der Waals surface area contributed by atoms with Gasteiger partial charge < -0.3 is 0 Å². The quantitative estimate of drug-likeness (QED) is 0.553. The van der Waals surface area contributed by atoms with Gasteiger partial charge in [-0.2, -0.15) is 0 Å². The van der Waals surface area contributed by atoms with Crippen LogP contribution in [0.25, 0.3) is 16.7 Å². The first-order valence-corrected chi connectivity index (χ1v) is 8.15. The van der Waals surface area contributed by atoms with Crippen LogP contribution in [0.4, 0.5) is 0 Å². The van der Waals surface area contributed by atoms with E-state index >= 15 is 0 Å². The van der Waals surface area contributed by atoms with Crippen LogP contribution < -0.4 is 0 Å². The van der Waals surface area contributed by atoms with Gasteiger partial charge in [0.05, 0.1) is 16.9 Å². The Balaban J connectivity index is 2.33. The first-order chi connectivity index (χ1) is 10.0. The largest absolute Gasteiger partial charge is 0.295 e. The van der Waals surface area contributed by atoms with Crippen molar-refractivity contribution >= 4 is 38.6 Å². The molecule has 4 heteroatoms. The summed E-state index contributed by atoms with van der Waals surface area (Å²) >= 11 is 9.73. The summed E-state index contributed by atoms with van der Waals surface area (Å²) in [5.74, 6) is 1.26. The molecule has 1 aromatic heterocycles. The second-order valence-electron chi connectivity index (χ2n) is 5.38. The van der Waals surface area contributed by atoms with Gasteiger partial charge in [-0.3, -0.25) is 4.57 Å². The van der Waals surface area contributed by atoms with Crippen LogP contribution >= 0.6 is 27.5 Å².